The molecule has 2 aromatic carbocycles. The van der Waals surface area contributed by atoms with E-state index in [0.29, 0.717) is 56.1 Å². The van der Waals surface area contributed by atoms with E-state index in [1.54, 1.807) is 16.8 Å². The second-order valence-electron chi connectivity index (χ2n) is 12.0. The minimum Gasteiger partial charge on any atom is -0.351 e. The van der Waals surface area contributed by atoms with Gasteiger partial charge in [0.1, 0.15) is 0 Å². The average molecular weight is 657 g/mol. The molecule has 0 saturated carbocycles. The number of nitrogens with one attached hydrogen (secondary N) is 3. The van der Waals surface area contributed by atoms with Crippen molar-refractivity contribution in [2.24, 2.45) is 7.05 Å². The van der Waals surface area contributed by atoms with Gasteiger partial charge in [0.15, 0.2) is 5.69 Å². The zero-order valence-electron chi connectivity index (χ0n) is 27.1. The summed E-state index contributed by atoms with van der Waals surface area (Å²) in [6, 6.07) is 12.3. The second kappa shape index (κ2) is 13.2. The monoisotopic (exact) mass is 656 g/mol. The van der Waals surface area contributed by atoms with E-state index in [1.807, 2.05) is 31.4 Å². The van der Waals surface area contributed by atoms with Gasteiger partial charge in [0, 0.05) is 56.2 Å². The first-order chi connectivity index (χ1) is 22.6. The summed E-state index contributed by atoms with van der Waals surface area (Å²) in [5.74, 6) is 0.0209. The second-order valence-corrected chi connectivity index (χ2v) is 13.9. The molecule has 2 amide bonds. The predicted molar refractivity (Wildman–Crippen MR) is 181 cm³/mol. The number of hydrogen-bond donors (Lipinski definition) is 3. The summed E-state index contributed by atoms with van der Waals surface area (Å²) in [6.45, 7) is 6.27. The average Bonchev–Trinajstić information content (AvgIpc) is 3.41. The van der Waals surface area contributed by atoms with Crippen LogP contribution in [0.5, 0.6) is 0 Å². The number of carbonyl (C=O) groups is 2. The largest absolute Gasteiger partial charge is 0.351 e. The molecule has 1 saturated heterocycles. The van der Waals surface area contributed by atoms with Gasteiger partial charge in [-0.05, 0) is 79.5 Å². The Morgan fingerprint density at radius 1 is 0.957 bits per heavy atom. The first kappa shape index (κ1) is 32.3. The van der Waals surface area contributed by atoms with E-state index in [0.717, 1.165) is 52.2 Å². The molecule has 13 heteroatoms. The van der Waals surface area contributed by atoms with E-state index in [-0.39, 0.29) is 22.8 Å². The molecule has 4 aromatic rings. The summed E-state index contributed by atoms with van der Waals surface area (Å²) in [4.78, 5) is 34.6. The summed E-state index contributed by atoms with van der Waals surface area (Å²) in [5, 5.41) is 13.9. The highest BCUT2D eigenvalue weighted by Gasteiger charge is 2.32. The summed E-state index contributed by atoms with van der Waals surface area (Å²) in [6.07, 6.45) is 5.99. The molecule has 246 valence electrons. The molecule has 1 aliphatic carbocycles. The van der Waals surface area contributed by atoms with E-state index in [2.05, 4.69) is 39.9 Å². The lowest BCUT2D eigenvalue weighted by Gasteiger charge is -2.31. The van der Waals surface area contributed by atoms with Crippen LogP contribution >= 0.6 is 0 Å². The zero-order valence-corrected chi connectivity index (χ0v) is 27.9. The fraction of sp³-hybridized carbons (Fsp3) is 0.382. The number of hydrogen-bond acceptors (Lipinski definition) is 8. The standard InChI is InChI=1S/C34H40N8O4S/c1-5-22-8-7-9-23(6-2)29(22)38-33(44)31-28-15-10-24-20-35-34(39-30(24)32(28)41(4)40-31)37-26-16-18-42(19-17-26)47(45,46)27-13-11-25(12-14-27)36-21(3)43/h7-9,11-14,20,26H,5-6,10,15-19H2,1-4H3,(H,36,43)(H,38,44)(H,35,37,39). The molecule has 1 fully saturated rings. The van der Waals surface area contributed by atoms with Crippen LogP contribution in [-0.2, 0) is 47.5 Å². The van der Waals surface area contributed by atoms with Crippen molar-refractivity contribution in [3.63, 3.8) is 0 Å². The third kappa shape index (κ3) is 6.50. The van der Waals surface area contributed by atoms with Gasteiger partial charge in [-0.25, -0.2) is 18.4 Å². The molecule has 0 spiro atoms. The summed E-state index contributed by atoms with van der Waals surface area (Å²) >= 11 is 0. The third-order valence-corrected chi connectivity index (χ3v) is 10.8. The number of anilines is 3. The number of fused-ring (bicyclic) bond motifs is 3. The molecule has 0 bridgehead atoms. The van der Waals surface area contributed by atoms with Crippen LogP contribution in [0.15, 0.2) is 53.6 Å². The maximum atomic E-state index is 13.6. The topological polar surface area (TPSA) is 151 Å². The Bertz CT molecular complexity index is 1910. The van der Waals surface area contributed by atoms with Crippen molar-refractivity contribution in [1.29, 1.82) is 0 Å². The van der Waals surface area contributed by atoms with Crippen molar-refractivity contribution in [2.45, 2.75) is 70.2 Å². The summed E-state index contributed by atoms with van der Waals surface area (Å²) in [5.41, 5.74) is 7.44. The van der Waals surface area contributed by atoms with Gasteiger partial charge in [-0.2, -0.15) is 9.40 Å². The van der Waals surface area contributed by atoms with E-state index in [4.69, 9.17) is 4.98 Å². The number of rotatable bonds is 9. The van der Waals surface area contributed by atoms with Crippen molar-refractivity contribution in [2.75, 3.05) is 29.0 Å². The van der Waals surface area contributed by atoms with Crippen molar-refractivity contribution >= 4 is 39.2 Å². The van der Waals surface area contributed by atoms with Gasteiger partial charge in [0.2, 0.25) is 21.9 Å². The van der Waals surface area contributed by atoms with Crippen molar-refractivity contribution in [1.82, 2.24) is 24.1 Å². The fourth-order valence-electron chi connectivity index (χ4n) is 6.47. The van der Waals surface area contributed by atoms with Gasteiger partial charge in [0.25, 0.3) is 5.91 Å². The maximum Gasteiger partial charge on any atom is 0.276 e. The normalized spacial score (nSPS) is 15.1. The number of para-hydroxylation sites is 1. The molecule has 3 heterocycles. The molecule has 2 aromatic heterocycles. The minimum absolute atomic E-state index is 0.0102. The number of aromatic nitrogens is 4. The van der Waals surface area contributed by atoms with Gasteiger partial charge in [0.05, 0.1) is 16.3 Å². The maximum absolute atomic E-state index is 13.6. The highest BCUT2D eigenvalue weighted by Crippen LogP contribution is 2.35. The molecule has 12 nitrogen and oxygen atoms in total. The third-order valence-electron chi connectivity index (χ3n) is 8.93. The summed E-state index contributed by atoms with van der Waals surface area (Å²) < 4.78 is 29.8. The number of nitrogens with zero attached hydrogens (tertiary/aromatic N) is 5. The Kier molecular flexibility index (Phi) is 9.11. The number of amides is 2. The van der Waals surface area contributed by atoms with Gasteiger partial charge >= 0.3 is 0 Å². The van der Waals surface area contributed by atoms with Gasteiger partial charge in [-0.1, -0.05) is 32.0 Å². The number of carbonyl (C=O) groups excluding carboxylic acids is 2. The lowest BCUT2D eigenvalue weighted by atomic mass is 9.93. The lowest BCUT2D eigenvalue weighted by molar-refractivity contribution is -0.114. The van der Waals surface area contributed by atoms with E-state index in [1.165, 1.54) is 23.4 Å². The number of aryl methyl sites for hydroxylation is 4. The first-order valence-corrected chi connectivity index (χ1v) is 17.5. The molecule has 0 radical (unpaired) electrons. The number of piperidine rings is 1. The van der Waals surface area contributed by atoms with Gasteiger partial charge in [-0.3, -0.25) is 14.3 Å². The SMILES string of the molecule is CCc1cccc(CC)c1NC(=O)c1nn(C)c2c1CCc1cnc(NC3CCN(S(=O)(=O)c4ccc(NC(C)=O)cc4)CC3)nc1-2. The Morgan fingerprint density at radius 2 is 1.64 bits per heavy atom. The van der Waals surface area contributed by atoms with Crippen LogP contribution < -0.4 is 16.0 Å². The highest BCUT2D eigenvalue weighted by atomic mass is 32.2. The molecule has 3 N–H and O–H groups in total. The Hall–Kier alpha value is -4.62. The highest BCUT2D eigenvalue weighted by molar-refractivity contribution is 7.89. The van der Waals surface area contributed by atoms with Gasteiger partial charge in [-0.15, -0.1) is 0 Å². The molecular formula is C34H40N8O4S. The molecule has 0 unspecified atom stereocenters. The Labute approximate surface area is 275 Å². The van der Waals surface area contributed by atoms with Crippen LogP contribution in [0.3, 0.4) is 0 Å². The first-order valence-electron chi connectivity index (χ1n) is 16.1. The molecule has 6 rings (SSSR count). The van der Waals surface area contributed by atoms with Crippen molar-refractivity contribution < 1.29 is 18.0 Å². The van der Waals surface area contributed by atoms with Crippen molar-refractivity contribution in [3.8, 4) is 11.4 Å². The lowest BCUT2D eigenvalue weighted by Crippen LogP contribution is -2.42. The van der Waals surface area contributed by atoms with Crippen LogP contribution in [0.1, 0.15) is 66.4 Å². The van der Waals surface area contributed by atoms with E-state index in [9.17, 15) is 18.0 Å². The molecule has 47 heavy (non-hydrogen) atoms. The Balaban J connectivity index is 1.15. The number of benzene rings is 2. The van der Waals surface area contributed by atoms with E-state index < -0.39 is 10.0 Å². The van der Waals surface area contributed by atoms with Gasteiger partial charge < -0.3 is 16.0 Å². The smallest absolute Gasteiger partial charge is 0.276 e. The summed E-state index contributed by atoms with van der Waals surface area (Å²) in [7, 11) is -1.83. The Morgan fingerprint density at radius 3 is 2.28 bits per heavy atom. The van der Waals surface area contributed by atoms with Crippen LogP contribution in [-0.4, -0.2) is 63.4 Å². The zero-order chi connectivity index (χ0) is 33.3. The van der Waals surface area contributed by atoms with Crippen molar-refractivity contribution in [3.05, 3.63) is 76.6 Å². The molecular weight excluding hydrogens is 616 g/mol. The number of sulfonamides is 1. The quantitative estimate of drug-likeness (QED) is 0.237. The van der Waals surface area contributed by atoms with Crippen LogP contribution in [0.25, 0.3) is 11.4 Å². The predicted octanol–water partition coefficient (Wildman–Crippen LogP) is 4.58. The van der Waals surface area contributed by atoms with Crippen LogP contribution in [0.2, 0.25) is 0 Å². The van der Waals surface area contributed by atoms with Crippen LogP contribution in [0, 0.1) is 0 Å². The molecule has 1 aliphatic heterocycles. The molecule has 0 atom stereocenters. The van der Waals surface area contributed by atoms with E-state index >= 15 is 0 Å². The van der Waals surface area contributed by atoms with Crippen LogP contribution in [0.4, 0.5) is 17.3 Å². The minimum atomic E-state index is -3.67. The fourth-order valence-corrected chi connectivity index (χ4v) is 7.94. The molecule has 2 aliphatic rings.